The van der Waals surface area contributed by atoms with Crippen LogP contribution in [-0.4, -0.2) is 42.1 Å². The van der Waals surface area contributed by atoms with E-state index in [4.69, 9.17) is 9.47 Å². The Balaban J connectivity index is 1.36. The number of ether oxygens (including phenoxy) is 2. The quantitative estimate of drug-likeness (QED) is 0.658. The van der Waals surface area contributed by atoms with Crippen LogP contribution in [0.25, 0.3) is 0 Å². The van der Waals surface area contributed by atoms with Crippen molar-refractivity contribution in [3.63, 3.8) is 0 Å². The van der Waals surface area contributed by atoms with Crippen LogP contribution in [0.4, 0.5) is 4.79 Å². The lowest BCUT2D eigenvalue weighted by Gasteiger charge is -2.39. The van der Waals surface area contributed by atoms with E-state index in [1.54, 1.807) is 25.1 Å². The van der Waals surface area contributed by atoms with Gasteiger partial charge in [0.2, 0.25) is 12.7 Å². The van der Waals surface area contributed by atoms with Gasteiger partial charge in [0.05, 0.1) is 0 Å². The van der Waals surface area contributed by atoms with E-state index in [0.717, 1.165) is 37.0 Å². The molecule has 1 saturated heterocycles. The monoisotopic (exact) mass is 443 g/mol. The van der Waals surface area contributed by atoms with Gasteiger partial charge < -0.3 is 20.1 Å². The molecule has 8 heteroatoms. The van der Waals surface area contributed by atoms with Crippen LogP contribution in [0.3, 0.4) is 0 Å². The zero-order chi connectivity index (χ0) is 23.1. The minimum atomic E-state index is -1.26. The lowest BCUT2D eigenvalue weighted by molar-refractivity contribution is -0.135. The molecule has 0 unspecified atom stereocenters. The average Bonchev–Trinajstić information content (AvgIpc) is 3.32. The molecule has 1 aromatic carbocycles. The van der Waals surface area contributed by atoms with E-state index in [0.29, 0.717) is 28.4 Å². The Kier molecular flexibility index (Phi) is 5.81. The van der Waals surface area contributed by atoms with Crippen LogP contribution in [0.5, 0.6) is 11.5 Å². The molecule has 1 aliphatic carbocycles. The number of hydrogen-bond acceptors (Lipinski definition) is 5. The third-order valence-electron chi connectivity index (χ3n) is 7.64. The highest BCUT2D eigenvalue weighted by Crippen LogP contribution is 2.40. The summed E-state index contributed by atoms with van der Waals surface area (Å²) < 4.78 is 10.7. The SMILES string of the molecule is CCC(C)(C)C1CCC(NC(=O)CN2C(=O)N[C@](C)(c3ccc4c(c3)OCO4)C2=O)CC1. The zero-order valence-electron chi connectivity index (χ0n) is 19.3. The molecule has 0 aromatic heterocycles. The number of imide groups is 1. The molecule has 3 aliphatic rings. The second-order valence-electron chi connectivity index (χ2n) is 9.97. The van der Waals surface area contributed by atoms with Gasteiger partial charge in [0, 0.05) is 6.04 Å². The van der Waals surface area contributed by atoms with Crippen LogP contribution in [0.15, 0.2) is 18.2 Å². The Labute approximate surface area is 189 Å². The molecular weight excluding hydrogens is 410 g/mol. The second kappa shape index (κ2) is 8.30. The molecule has 4 rings (SSSR count). The third-order valence-corrected chi connectivity index (χ3v) is 7.64. The van der Waals surface area contributed by atoms with Crippen molar-refractivity contribution in [1.82, 2.24) is 15.5 Å². The van der Waals surface area contributed by atoms with Crippen molar-refractivity contribution in [3.05, 3.63) is 23.8 Å². The smallest absolute Gasteiger partial charge is 0.325 e. The summed E-state index contributed by atoms with van der Waals surface area (Å²) in [6.07, 6.45) is 5.15. The summed E-state index contributed by atoms with van der Waals surface area (Å²) in [7, 11) is 0. The Morgan fingerprint density at radius 3 is 2.56 bits per heavy atom. The summed E-state index contributed by atoms with van der Waals surface area (Å²) in [5.41, 5.74) is -0.365. The van der Waals surface area contributed by atoms with Crippen LogP contribution in [0, 0.1) is 11.3 Å². The highest BCUT2D eigenvalue weighted by atomic mass is 16.7. The van der Waals surface area contributed by atoms with Crippen LogP contribution < -0.4 is 20.1 Å². The predicted molar refractivity (Wildman–Crippen MR) is 118 cm³/mol. The standard InChI is InChI=1S/C24H33N3O5/c1-5-23(2,3)15-6-9-17(10-7-15)25-20(28)13-27-21(29)24(4,26-22(27)30)16-8-11-18-19(12-16)32-14-31-18/h8,11-12,15,17H,5-7,9-10,13-14H2,1-4H3,(H,25,28)(H,26,30)/t15?,17?,24-/m1/s1. The molecule has 1 aromatic rings. The van der Waals surface area contributed by atoms with Gasteiger partial charge in [-0.25, -0.2) is 4.79 Å². The Morgan fingerprint density at radius 2 is 1.88 bits per heavy atom. The largest absolute Gasteiger partial charge is 0.454 e. The minimum Gasteiger partial charge on any atom is -0.454 e. The second-order valence-corrected chi connectivity index (χ2v) is 9.97. The fourth-order valence-electron chi connectivity index (χ4n) is 4.97. The molecule has 2 aliphatic heterocycles. The maximum Gasteiger partial charge on any atom is 0.325 e. The van der Waals surface area contributed by atoms with E-state index in [1.165, 1.54) is 0 Å². The van der Waals surface area contributed by atoms with Crippen molar-refractivity contribution in [1.29, 1.82) is 0 Å². The minimum absolute atomic E-state index is 0.0902. The van der Waals surface area contributed by atoms with Crippen LogP contribution >= 0.6 is 0 Å². The molecular formula is C24H33N3O5. The molecule has 0 radical (unpaired) electrons. The van der Waals surface area contributed by atoms with Crippen molar-refractivity contribution in [3.8, 4) is 11.5 Å². The van der Waals surface area contributed by atoms with E-state index >= 15 is 0 Å². The number of nitrogens with one attached hydrogen (secondary N) is 2. The van der Waals surface area contributed by atoms with Crippen molar-refractivity contribution in [2.75, 3.05) is 13.3 Å². The van der Waals surface area contributed by atoms with Gasteiger partial charge in [-0.15, -0.1) is 0 Å². The molecule has 174 valence electrons. The lowest BCUT2D eigenvalue weighted by Crippen LogP contribution is -2.46. The number of nitrogens with zero attached hydrogens (tertiary/aromatic N) is 1. The maximum absolute atomic E-state index is 13.1. The summed E-state index contributed by atoms with van der Waals surface area (Å²) >= 11 is 0. The van der Waals surface area contributed by atoms with Crippen LogP contribution in [-0.2, 0) is 15.1 Å². The molecule has 2 heterocycles. The van der Waals surface area contributed by atoms with Crippen molar-refractivity contribution >= 4 is 17.8 Å². The van der Waals surface area contributed by atoms with Gasteiger partial charge >= 0.3 is 6.03 Å². The number of benzene rings is 1. The van der Waals surface area contributed by atoms with E-state index in [2.05, 4.69) is 31.4 Å². The van der Waals surface area contributed by atoms with E-state index in [1.807, 2.05) is 0 Å². The first-order valence-corrected chi connectivity index (χ1v) is 11.5. The molecule has 1 saturated carbocycles. The fraction of sp³-hybridized carbons (Fsp3) is 0.625. The first-order chi connectivity index (χ1) is 15.1. The summed E-state index contributed by atoms with van der Waals surface area (Å²) in [5, 5.41) is 5.77. The first kappa shape index (κ1) is 22.4. The highest BCUT2D eigenvalue weighted by molar-refractivity contribution is 6.09. The fourth-order valence-corrected chi connectivity index (χ4v) is 4.97. The number of fused-ring (bicyclic) bond motifs is 1. The normalized spacial score (nSPS) is 27.4. The van der Waals surface area contributed by atoms with E-state index in [9.17, 15) is 14.4 Å². The molecule has 0 bridgehead atoms. The average molecular weight is 444 g/mol. The van der Waals surface area contributed by atoms with E-state index < -0.39 is 17.5 Å². The van der Waals surface area contributed by atoms with Gasteiger partial charge in [-0.05, 0) is 61.6 Å². The molecule has 8 nitrogen and oxygen atoms in total. The van der Waals surface area contributed by atoms with E-state index in [-0.39, 0.29) is 25.3 Å². The first-order valence-electron chi connectivity index (χ1n) is 11.5. The van der Waals surface area contributed by atoms with Crippen LogP contribution in [0.2, 0.25) is 0 Å². The number of carbonyl (C=O) groups is 3. The molecule has 1 atom stereocenters. The van der Waals surface area contributed by atoms with Crippen LogP contribution in [0.1, 0.15) is 65.4 Å². The Bertz CT molecular complexity index is 922. The number of amides is 4. The van der Waals surface area contributed by atoms with Crippen molar-refractivity contribution in [2.24, 2.45) is 11.3 Å². The third kappa shape index (κ3) is 4.02. The van der Waals surface area contributed by atoms with Crippen molar-refractivity contribution in [2.45, 2.75) is 71.4 Å². The lowest BCUT2D eigenvalue weighted by atomic mass is 9.69. The summed E-state index contributed by atoms with van der Waals surface area (Å²) in [4.78, 5) is 39.4. The number of rotatable bonds is 6. The Morgan fingerprint density at radius 1 is 1.19 bits per heavy atom. The molecule has 2 fully saturated rings. The van der Waals surface area contributed by atoms with Gasteiger partial charge in [-0.2, -0.15) is 0 Å². The summed E-state index contributed by atoms with van der Waals surface area (Å²) in [6.45, 7) is 8.32. The predicted octanol–water partition coefficient (Wildman–Crippen LogP) is 3.29. The van der Waals surface area contributed by atoms with Gasteiger partial charge in [0.25, 0.3) is 5.91 Å². The number of carbonyl (C=O) groups excluding carboxylic acids is 3. The molecule has 2 N–H and O–H groups in total. The summed E-state index contributed by atoms with van der Waals surface area (Å²) in [5.74, 6) is 1.03. The zero-order valence-corrected chi connectivity index (χ0v) is 19.3. The Hall–Kier alpha value is -2.77. The summed E-state index contributed by atoms with van der Waals surface area (Å²) in [6, 6.07) is 4.66. The number of hydrogen-bond donors (Lipinski definition) is 2. The van der Waals surface area contributed by atoms with Gasteiger partial charge in [-0.3, -0.25) is 14.5 Å². The molecule has 4 amide bonds. The highest BCUT2D eigenvalue weighted by Gasteiger charge is 2.50. The van der Waals surface area contributed by atoms with Gasteiger partial charge in [0.15, 0.2) is 11.5 Å². The maximum atomic E-state index is 13.1. The molecule has 32 heavy (non-hydrogen) atoms. The van der Waals surface area contributed by atoms with Crippen molar-refractivity contribution < 1.29 is 23.9 Å². The van der Waals surface area contributed by atoms with Gasteiger partial charge in [-0.1, -0.05) is 33.3 Å². The topological polar surface area (TPSA) is 97.0 Å². The van der Waals surface area contributed by atoms with Gasteiger partial charge in [0.1, 0.15) is 12.1 Å². The number of urea groups is 1. The molecule has 0 spiro atoms.